The highest BCUT2D eigenvalue weighted by atomic mass is 35.6. The summed E-state index contributed by atoms with van der Waals surface area (Å²) in [5.74, 6) is 0.587. The van der Waals surface area contributed by atoms with Gasteiger partial charge < -0.3 is 4.90 Å². The van der Waals surface area contributed by atoms with E-state index in [2.05, 4.69) is 9.97 Å². The predicted octanol–water partition coefficient (Wildman–Crippen LogP) is 3.15. The second-order valence-electron chi connectivity index (χ2n) is 2.91. The fourth-order valence-corrected chi connectivity index (χ4v) is 1.48. The molecule has 0 unspecified atom stereocenters. The molecule has 15 heavy (non-hydrogen) atoms. The maximum atomic E-state index is 5.74. The van der Waals surface area contributed by atoms with Crippen LogP contribution >= 0.6 is 34.8 Å². The lowest BCUT2D eigenvalue weighted by Gasteiger charge is -2.19. The molecule has 84 valence electrons. The standard InChI is InChI=1S/C9H12Cl3N3/c1-3-15(4-2)8-13-6-5-7(14-8)9(10,11)12/h5-6H,3-4H2,1-2H3. The SMILES string of the molecule is CCN(CC)c1nccc(C(Cl)(Cl)Cl)n1. The molecule has 0 aliphatic heterocycles. The summed E-state index contributed by atoms with van der Waals surface area (Å²) < 4.78 is -1.50. The minimum Gasteiger partial charge on any atom is -0.341 e. The number of hydrogen-bond donors (Lipinski definition) is 0. The molecule has 0 fully saturated rings. The van der Waals surface area contributed by atoms with Crippen LogP contribution in [0.4, 0.5) is 5.95 Å². The highest BCUT2D eigenvalue weighted by Crippen LogP contribution is 2.37. The van der Waals surface area contributed by atoms with Crippen molar-refractivity contribution in [2.75, 3.05) is 18.0 Å². The molecule has 0 aromatic carbocycles. The summed E-state index contributed by atoms with van der Waals surface area (Å²) in [6.07, 6.45) is 1.60. The maximum absolute atomic E-state index is 5.74. The van der Waals surface area contributed by atoms with E-state index in [0.29, 0.717) is 11.6 Å². The number of anilines is 1. The Hall–Kier alpha value is -0.250. The van der Waals surface area contributed by atoms with Gasteiger partial charge in [0.25, 0.3) is 0 Å². The first-order valence-electron chi connectivity index (χ1n) is 4.64. The molecule has 0 amide bonds. The third kappa shape index (κ3) is 3.37. The van der Waals surface area contributed by atoms with Gasteiger partial charge >= 0.3 is 0 Å². The molecule has 0 bridgehead atoms. The van der Waals surface area contributed by atoms with E-state index in [4.69, 9.17) is 34.8 Å². The van der Waals surface area contributed by atoms with E-state index in [1.807, 2.05) is 18.7 Å². The minimum atomic E-state index is -1.50. The van der Waals surface area contributed by atoms with E-state index in [1.165, 1.54) is 0 Å². The van der Waals surface area contributed by atoms with Crippen molar-refractivity contribution >= 4 is 40.8 Å². The zero-order chi connectivity index (χ0) is 11.5. The predicted molar refractivity (Wildman–Crippen MR) is 64.8 cm³/mol. The van der Waals surface area contributed by atoms with Gasteiger partial charge in [-0.2, -0.15) is 0 Å². The van der Waals surface area contributed by atoms with Crippen LogP contribution < -0.4 is 4.90 Å². The lowest BCUT2D eigenvalue weighted by atomic mass is 10.4. The molecule has 0 saturated carbocycles. The first-order chi connectivity index (χ1) is 6.99. The summed E-state index contributed by atoms with van der Waals surface area (Å²) in [4.78, 5) is 10.3. The first-order valence-corrected chi connectivity index (χ1v) is 5.77. The summed E-state index contributed by atoms with van der Waals surface area (Å²) >= 11 is 17.2. The van der Waals surface area contributed by atoms with Gasteiger partial charge in [-0.3, -0.25) is 0 Å². The zero-order valence-corrected chi connectivity index (χ0v) is 10.8. The van der Waals surface area contributed by atoms with Crippen LogP contribution in [0.25, 0.3) is 0 Å². The molecular weight excluding hydrogens is 256 g/mol. The molecule has 0 saturated heterocycles. The van der Waals surface area contributed by atoms with E-state index in [1.54, 1.807) is 12.3 Å². The summed E-state index contributed by atoms with van der Waals surface area (Å²) in [5, 5.41) is 0. The molecule has 0 atom stereocenters. The lowest BCUT2D eigenvalue weighted by Crippen LogP contribution is -2.25. The number of alkyl halides is 3. The van der Waals surface area contributed by atoms with Crippen molar-refractivity contribution in [2.24, 2.45) is 0 Å². The van der Waals surface area contributed by atoms with Gasteiger partial charge in [-0.05, 0) is 19.9 Å². The van der Waals surface area contributed by atoms with Crippen molar-refractivity contribution in [1.29, 1.82) is 0 Å². The lowest BCUT2D eigenvalue weighted by molar-refractivity contribution is 0.811. The Morgan fingerprint density at radius 2 is 1.87 bits per heavy atom. The summed E-state index contributed by atoms with van der Waals surface area (Å²) in [6.45, 7) is 5.68. The van der Waals surface area contributed by atoms with Crippen LogP contribution in [0.1, 0.15) is 19.5 Å². The molecule has 0 aliphatic rings. The second kappa shape index (κ2) is 5.19. The topological polar surface area (TPSA) is 29.0 Å². The number of rotatable bonds is 3. The van der Waals surface area contributed by atoms with E-state index in [-0.39, 0.29) is 0 Å². The van der Waals surface area contributed by atoms with Gasteiger partial charge in [-0.25, -0.2) is 9.97 Å². The van der Waals surface area contributed by atoms with Gasteiger partial charge in [-0.1, -0.05) is 34.8 Å². The molecule has 6 heteroatoms. The third-order valence-electron chi connectivity index (χ3n) is 1.98. The second-order valence-corrected chi connectivity index (χ2v) is 5.19. The van der Waals surface area contributed by atoms with Crippen LogP contribution in [0, 0.1) is 0 Å². The van der Waals surface area contributed by atoms with E-state index >= 15 is 0 Å². The van der Waals surface area contributed by atoms with E-state index in [0.717, 1.165) is 13.1 Å². The van der Waals surface area contributed by atoms with Crippen LogP contribution in [0.2, 0.25) is 0 Å². The van der Waals surface area contributed by atoms with Gasteiger partial charge in [-0.15, -0.1) is 0 Å². The highest BCUT2D eigenvalue weighted by molar-refractivity contribution is 6.66. The zero-order valence-electron chi connectivity index (χ0n) is 8.54. The Morgan fingerprint density at radius 3 is 2.33 bits per heavy atom. The van der Waals surface area contributed by atoms with E-state index < -0.39 is 3.79 Å². The monoisotopic (exact) mass is 267 g/mol. The molecule has 1 heterocycles. The average Bonchev–Trinajstić information content (AvgIpc) is 2.19. The molecule has 1 aromatic rings. The van der Waals surface area contributed by atoms with Crippen molar-refractivity contribution in [2.45, 2.75) is 17.6 Å². The summed E-state index contributed by atoms with van der Waals surface area (Å²) in [5.41, 5.74) is 0.393. The minimum absolute atomic E-state index is 0.393. The first kappa shape index (κ1) is 12.8. The largest absolute Gasteiger partial charge is 0.341 e. The number of aromatic nitrogens is 2. The molecule has 0 aliphatic carbocycles. The fraction of sp³-hybridized carbons (Fsp3) is 0.556. The van der Waals surface area contributed by atoms with E-state index in [9.17, 15) is 0 Å². The third-order valence-corrected chi connectivity index (χ3v) is 2.56. The van der Waals surface area contributed by atoms with Gasteiger partial charge in [0.15, 0.2) is 0 Å². The Bertz CT molecular complexity index is 321. The fourth-order valence-electron chi connectivity index (χ4n) is 1.17. The van der Waals surface area contributed by atoms with Gasteiger partial charge in [0.05, 0.1) is 5.69 Å². The van der Waals surface area contributed by atoms with Crippen molar-refractivity contribution in [1.82, 2.24) is 9.97 Å². The summed E-state index contributed by atoms with van der Waals surface area (Å²) in [7, 11) is 0. The molecular formula is C9H12Cl3N3. The van der Waals surface area contributed by atoms with Crippen LogP contribution in [-0.4, -0.2) is 23.1 Å². The number of hydrogen-bond acceptors (Lipinski definition) is 3. The van der Waals surface area contributed by atoms with Crippen molar-refractivity contribution in [3.8, 4) is 0 Å². The molecule has 0 N–H and O–H groups in total. The van der Waals surface area contributed by atoms with Crippen LogP contribution in [0.5, 0.6) is 0 Å². The molecule has 1 aromatic heterocycles. The van der Waals surface area contributed by atoms with Crippen LogP contribution in [0.15, 0.2) is 12.3 Å². The Balaban J connectivity index is 3.02. The van der Waals surface area contributed by atoms with Crippen molar-refractivity contribution in [3.63, 3.8) is 0 Å². The Labute approximate surface area is 104 Å². The quantitative estimate of drug-likeness (QED) is 0.789. The average molecular weight is 269 g/mol. The molecule has 0 radical (unpaired) electrons. The van der Waals surface area contributed by atoms with Crippen molar-refractivity contribution < 1.29 is 0 Å². The number of nitrogens with zero attached hydrogens (tertiary/aromatic N) is 3. The number of halogens is 3. The van der Waals surface area contributed by atoms with Crippen LogP contribution in [-0.2, 0) is 3.79 Å². The molecule has 0 spiro atoms. The highest BCUT2D eigenvalue weighted by Gasteiger charge is 2.25. The summed E-state index contributed by atoms with van der Waals surface area (Å²) in [6, 6.07) is 1.60. The Kier molecular flexibility index (Phi) is 4.44. The molecule has 3 nitrogen and oxygen atoms in total. The van der Waals surface area contributed by atoms with Gasteiger partial charge in [0, 0.05) is 19.3 Å². The van der Waals surface area contributed by atoms with Gasteiger partial charge in [0.2, 0.25) is 9.74 Å². The normalized spacial score (nSPS) is 11.5. The Morgan fingerprint density at radius 1 is 1.27 bits per heavy atom. The smallest absolute Gasteiger partial charge is 0.232 e. The van der Waals surface area contributed by atoms with Crippen LogP contribution in [0.3, 0.4) is 0 Å². The molecule has 1 rings (SSSR count). The van der Waals surface area contributed by atoms with Gasteiger partial charge in [0.1, 0.15) is 0 Å². The maximum Gasteiger partial charge on any atom is 0.232 e. The van der Waals surface area contributed by atoms with Crippen molar-refractivity contribution in [3.05, 3.63) is 18.0 Å².